The molecule has 2 aromatic rings. The molecule has 2 amide bonds. The summed E-state index contributed by atoms with van der Waals surface area (Å²) in [5.74, 6) is -0.881. The van der Waals surface area contributed by atoms with E-state index in [0.717, 1.165) is 31.2 Å². The Hall–Kier alpha value is -2.73. The molecule has 2 aliphatic rings. The Bertz CT molecular complexity index is 1030. The molecule has 35 heavy (non-hydrogen) atoms. The Morgan fingerprint density at radius 3 is 2.43 bits per heavy atom. The topological polar surface area (TPSA) is 78.4 Å². The first kappa shape index (κ1) is 25.4. The van der Waals surface area contributed by atoms with E-state index in [-0.39, 0.29) is 52.8 Å². The Balaban J connectivity index is 1.41. The normalized spacial score (nSPS) is 31.2. The van der Waals surface area contributed by atoms with Gasteiger partial charge in [0.15, 0.2) is 0 Å². The molecule has 3 N–H and O–H groups in total. The van der Waals surface area contributed by atoms with Crippen molar-refractivity contribution in [2.45, 2.75) is 65.1 Å². The van der Waals surface area contributed by atoms with E-state index in [1.807, 2.05) is 37.3 Å². The summed E-state index contributed by atoms with van der Waals surface area (Å²) in [6.07, 6.45) is 2.96. The lowest BCUT2D eigenvalue weighted by Gasteiger charge is -2.56. The number of rotatable bonds is 6. The third-order valence-corrected chi connectivity index (χ3v) is 8.68. The quantitative estimate of drug-likeness (QED) is 0.561. The van der Waals surface area contributed by atoms with Crippen molar-refractivity contribution >= 4 is 11.8 Å². The third kappa shape index (κ3) is 5.43. The highest BCUT2D eigenvalue weighted by atomic mass is 19.1. The number of benzene rings is 2. The Labute approximate surface area is 207 Å². The summed E-state index contributed by atoms with van der Waals surface area (Å²) in [4.78, 5) is 25.8. The number of carbonyl (C=O) groups is 2. The SMILES string of the molecule is C[C@@H]1[C@@H]2[C@@H](O)[C@@H]([C@H](C)C(=O)NCc3ccc(F)cc3)CC[C@]2(C)CC[C@@H]1NC(=O)c1ccccc1. The van der Waals surface area contributed by atoms with Crippen LogP contribution in [0, 0.1) is 34.9 Å². The van der Waals surface area contributed by atoms with Gasteiger partial charge in [0, 0.05) is 24.1 Å². The van der Waals surface area contributed by atoms with Crippen molar-refractivity contribution in [1.29, 1.82) is 0 Å². The molecule has 188 valence electrons. The lowest BCUT2D eigenvalue weighted by atomic mass is 9.51. The summed E-state index contributed by atoms with van der Waals surface area (Å²) in [6.45, 7) is 6.60. The molecular weight excluding hydrogens is 443 g/mol. The van der Waals surface area contributed by atoms with Gasteiger partial charge in [0.1, 0.15) is 5.82 Å². The average molecular weight is 481 g/mol. The van der Waals surface area contributed by atoms with E-state index in [1.165, 1.54) is 12.1 Å². The number of fused-ring (bicyclic) bond motifs is 1. The van der Waals surface area contributed by atoms with Crippen LogP contribution in [0.2, 0.25) is 0 Å². The zero-order valence-electron chi connectivity index (χ0n) is 20.8. The summed E-state index contributed by atoms with van der Waals surface area (Å²) >= 11 is 0. The highest BCUT2D eigenvalue weighted by Crippen LogP contribution is 2.55. The zero-order chi connectivity index (χ0) is 25.2. The number of aliphatic hydroxyl groups is 1. The van der Waals surface area contributed by atoms with Gasteiger partial charge in [0.05, 0.1) is 6.10 Å². The van der Waals surface area contributed by atoms with Crippen molar-refractivity contribution in [3.8, 4) is 0 Å². The molecule has 0 aromatic heterocycles. The van der Waals surface area contributed by atoms with E-state index < -0.39 is 6.10 Å². The van der Waals surface area contributed by atoms with E-state index in [2.05, 4.69) is 24.5 Å². The number of halogens is 1. The first-order chi connectivity index (χ1) is 16.7. The fourth-order valence-corrected chi connectivity index (χ4v) is 6.49. The fraction of sp³-hybridized carbons (Fsp3) is 0.517. The predicted molar refractivity (Wildman–Crippen MR) is 134 cm³/mol. The van der Waals surface area contributed by atoms with Gasteiger partial charge >= 0.3 is 0 Å². The summed E-state index contributed by atoms with van der Waals surface area (Å²) in [5, 5.41) is 17.7. The molecule has 0 unspecified atom stereocenters. The van der Waals surface area contributed by atoms with Gasteiger partial charge in [-0.05, 0) is 78.7 Å². The van der Waals surface area contributed by atoms with Gasteiger partial charge in [-0.15, -0.1) is 0 Å². The molecule has 2 aliphatic carbocycles. The highest BCUT2D eigenvalue weighted by Gasteiger charge is 2.53. The van der Waals surface area contributed by atoms with E-state index in [4.69, 9.17) is 0 Å². The van der Waals surface area contributed by atoms with Crippen molar-refractivity contribution in [2.75, 3.05) is 0 Å². The molecule has 7 atom stereocenters. The summed E-state index contributed by atoms with van der Waals surface area (Å²) < 4.78 is 13.1. The van der Waals surface area contributed by atoms with Gasteiger partial charge in [0.2, 0.25) is 5.91 Å². The van der Waals surface area contributed by atoms with Gasteiger partial charge in [-0.1, -0.05) is 51.1 Å². The van der Waals surface area contributed by atoms with Crippen molar-refractivity contribution in [1.82, 2.24) is 10.6 Å². The molecule has 2 saturated carbocycles. The van der Waals surface area contributed by atoms with Gasteiger partial charge in [-0.25, -0.2) is 4.39 Å². The summed E-state index contributed by atoms with van der Waals surface area (Å²) in [7, 11) is 0. The Kier molecular flexibility index (Phi) is 7.60. The minimum atomic E-state index is -0.619. The van der Waals surface area contributed by atoms with Gasteiger partial charge in [-0.3, -0.25) is 9.59 Å². The van der Waals surface area contributed by atoms with Crippen LogP contribution < -0.4 is 10.6 Å². The van der Waals surface area contributed by atoms with Crippen LogP contribution in [0.15, 0.2) is 54.6 Å². The fourth-order valence-electron chi connectivity index (χ4n) is 6.49. The molecule has 2 fully saturated rings. The van der Waals surface area contributed by atoms with Crippen LogP contribution in [-0.4, -0.2) is 29.1 Å². The van der Waals surface area contributed by atoms with Crippen molar-refractivity contribution in [2.24, 2.45) is 29.1 Å². The Morgan fingerprint density at radius 2 is 1.74 bits per heavy atom. The first-order valence-electron chi connectivity index (χ1n) is 12.8. The molecule has 0 radical (unpaired) electrons. The summed E-state index contributed by atoms with van der Waals surface area (Å²) in [6, 6.07) is 15.3. The first-order valence-corrected chi connectivity index (χ1v) is 12.8. The van der Waals surface area contributed by atoms with Crippen LogP contribution in [0.25, 0.3) is 0 Å². The predicted octanol–water partition coefficient (Wildman–Crippen LogP) is 4.70. The van der Waals surface area contributed by atoms with Crippen LogP contribution in [0.5, 0.6) is 0 Å². The minimum Gasteiger partial charge on any atom is -0.392 e. The Morgan fingerprint density at radius 1 is 1.09 bits per heavy atom. The van der Waals surface area contributed by atoms with Crippen LogP contribution in [0.4, 0.5) is 4.39 Å². The molecule has 0 aliphatic heterocycles. The van der Waals surface area contributed by atoms with Crippen LogP contribution in [-0.2, 0) is 11.3 Å². The van der Waals surface area contributed by atoms with E-state index >= 15 is 0 Å². The van der Waals surface area contributed by atoms with Gasteiger partial charge in [-0.2, -0.15) is 0 Å². The largest absolute Gasteiger partial charge is 0.392 e. The molecule has 0 spiro atoms. The summed E-state index contributed by atoms with van der Waals surface area (Å²) in [5.41, 5.74) is 1.47. The number of amides is 2. The molecule has 0 heterocycles. The lowest BCUT2D eigenvalue weighted by molar-refractivity contribution is -0.142. The van der Waals surface area contributed by atoms with E-state index in [1.54, 1.807) is 12.1 Å². The average Bonchev–Trinajstić information content (AvgIpc) is 2.85. The maximum atomic E-state index is 13.1. The molecule has 6 heteroatoms. The number of carbonyl (C=O) groups excluding carboxylic acids is 2. The zero-order valence-corrected chi connectivity index (χ0v) is 20.8. The third-order valence-electron chi connectivity index (χ3n) is 8.68. The second-order valence-corrected chi connectivity index (χ2v) is 10.8. The van der Waals surface area contributed by atoms with Crippen LogP contribution in [0.3, 0.4) is 0 Å². The number of aliphatic hydroxyl groups excluding tert-OH is 1. The van der Waals surface area contributed by atoms with Gasteiger partial charge < -0.3 is 15.7 Å². The highest BCUT2D eigenvalue weighted by molar-refractivity contribution is 5.94. The smallest absolute Gasteiger partial charge is 0.251 e. The van der Waals surface area contributed by atoms with Gasteiger partial charge in [0.25, 0.3) is 5.91 Å². The molecule has 5 nitrogen and oxygen atoms in total. The van der Waals surface area contributed by atoms with Crippen LogP contribution in [0.1, 0.15) is 62.4 Å². The number of nitrogens with one attached hydrogen (secondary N) is 2. The maximum absolute atomic E-state index is 13.1. The lowest BCUT2D eigenvalue weighted by Crippen LogP contribution is -2.58. The molecule has 0 saturated heterocycles. The van der Waals surface area contributed by atoms with E-state index in [0.29, 0.717) is 12.1 Å². The second-order valence-electron chi connectivity index (χ2n) is 10.8. The van der Waals surface area contributed by atoms with E-state index in [9.17, 15) is 19.1 Å². The second kappa shape index (κ2) is 10.5. The van der Waals surface area contributed by atoms with Crippen molar-refractivity contribution < 1.29 is 19.1 Å². The number of hydrogen-bond donors (Lipinski definition) is 3. The van der Waals surface area contributed by atoms with Crippen molar-refractivity contribution in [3.63, 3.8) is 0 Å². The molecule has 2 aromatic carbocycles. The monoisotopic (exact) mass is 480 g/mol. The van der Waals surface area contributed by atoms with Crippen molar-refractivity contribution in [3.05, 3.63) is 71.5 Å². The van der Waals surface area contributed by atoms with Crippen LogP contribution >= 0.6 is 0 Å². The standard InChI is InChI=1S/C29H37FN2O3/c1-18(27(34)31-17-20-9-11-22(30)12-10-20)23-13-15-29(3)16-14-24(19(2)25(29)26(23)33)32-28(35)21-7-5-4-6-8-21/h4-12,18-19,23-26,33H,13-17H2,1-3H3,(H,31,34)(H,32,35)/t18-,19-,23+,24-,25+,26-,29+/m0/s1. The number of hydrogen-bond acceptors (Lipinski definition) is 3. The maximum Gasteiger partial charge on any atom is 0.251 e. The minimum absolute atomic E-state index is 0.00317. The molecule has 0 bridgehead atoms. The molecular formula is C29H37FN2O3. The molecule has 4 rings (SSSR count).